The van der Waals surface area contributed by atoms with E-state index in [9.17, 15) is 4.79 Å². The molecular weight excluding hydrogens is 160 g/mol. The molecule has 0 aliphatic rings. The van der Waals surface area contributed by atoms with Crippen molar-refractivity contribution < 1.29 is 19.0 Å². The summed E-state index contributed by atoms with van der Waals surface area (Å²) in [5.41, 5.74) is 0. The molecule has 0 radical (unpaired) electrons. The van der Waals surface area contributed by atoms with Crippen molar-refractivity contribution in [2.45, 2.75) is 26.1 Å². The molecule has 0 bridgehead atoms. The van der Waals surface area contributed by atoms with E-state index >= 15 is 0 Å². The lowest BCUT2D eigenvalue weighted by molar-refractivity contribution is -0.142. The fraction of sp³-hybridized carbons (Fsp3) is 0.875. The Labute approximate surface area is 72.8 Å². The highest BCUT2D eigenvalue weighted by molar-refractivity contribution is 5.65. The highest BCUT2D eigenvalue weighted by Gasteiger charge is 2.04. The summed E-state index contributed by atoms with van der Waals surface area (Å²) in [5.74, 6) is -0.249. The first kappa shape index (κ1) is 11.4. The molecule has 72 valence electrons. The molecule has 0 atom stereocenters. The summed E-state index contributed by atoms with van der Waals surface area (Å²) in [5, 5.41) is 0. The molecule has 0 saturated carbocycles. The number of carbonyl (C=O) groups is 1. The lowest BCUT2D eigenvalue weighted by Gasteiger charge is -2.12. The van der Waals surface area contributed by atoms with Crippen molar-refractivity contribution in [1.29, 1.82) is 0 Å². The van der Waals surface area contributed by atoms with Crippen LogP contribution in [-0.2, 0) is 19.0 Å². The van der Waals surface area contributed by atoms with Gasteiger partial charge in [0.25, 0.3) is 0 Å². The van der Waals surface area contributed by atoms with Gasteiger partial charge < -0.3 is 14.2 Å². The molecule has 0 rings (SSSR count). The molecule has 0 amide bonds. The van der Waals surface area contributed by atoms with Crippen LogP contribution in [0.15, 0.2) is 0 Å². The van der Waals surface area contributed by atoms with E-state index in [2.05, 4.69) is 0 Å². The van der Waals surface area contributed by atoms with Crippen molar-refractivity contribution in [3.8, 4) is 0 Å². The molecule has 0 aliphatic heterocycles. The van der Waals surface area contributed by atoms with E-state index in [0.29, 0.717) is 6.61 Å². The zero-order chi connectivity index (χ0) is 9.40. The number of rotatable bonds is 6. The van der Waals surface area contributed by atoms with Crippen LogP contribution in [0.3, 0.4) is 0 Å². The zero-order valence-corrected chi connectivity index (χ0v) is 7.83. The zero-order valence-electron chi connectivity index (χ0n) is 7.83. The Morgan fingerprint density at radius 2 is 1.92 bits per heavy atom. The summed E-state index contributed by atoms with van der Waals surface area (Å²) in [6.07, 6.45) is 1.30. The molecule has 0 fully saturated rings. The van der Waals surface area contributed by atoms with E-state index in [1.54, 1.807) is 14.2 Å². The van der Waals surface area contributed by atoms with Crippen LogP contribution in [0.5, 0.6) is 0 Å². The standard InChI is InChI=1S/C8H16O4/c1-7(9)12-6-4-5-8(10-2)11-3/h8H,4-6H2,1-3H3. The van der Waals surface area contributed by atoms with Gasteiger partial charge in [0, 0.05) is 27.6 Å². The fourth-order valence-corrected chi connectivity index (χ4v) is 0.798. The highest BCUT2D eigenvalue weighted by Crippen LogP contribution is 2.01. The average molecular weight is 176 g/mol. The quantitative estimate of drug-likeness (QED) is 0.343. The monoisotopic (exact) mass is 176 g/mol. The van der Waals surface area contributed by atoms with E-state index in [0.717, 1.165) is 12.8 Å². The maximum Gasteiger partial charge on any atom is 0.302 e. The molecule has 4 nitrogen and oxygen atoms in total. The van der Waals surface area contributed by atoms with Gasteiger partial charge in [-0.25, -0.2) is 0 Å². The molecule has 0 aromatic carbocycles. The predicted molar refractivity (Wildman–Crippen MR) is 43.7 cm³/mol. The van der Waals surface area contributed by atoms with Crippen molar-refractivity contribution in [2.24, 2.45) is 0 Å². The molecule has 0 heterocycles. The Bertz CT molecular complexity index is 120. The van der Waals surface area contributed by atoms with Crippen LogP contribution in [0.25, 0.3) is 0 Å². The SMILES string of the molecule is COC(CCCOC(C)=O)OC. The maximum absolute atomic E-state index is 10.3. The summed E-state index contributed by atoms with van der Waals surface area (Å²) in [7, 11) is 3.17. The van der Waals surface area contributed by atoms with Gasteiger partial charge in [0.15, 0.2) is 6.29 Å². The number of ether oxygens (including phenoxy) is 3. The van der Waals surface area contributed by atoms with Gasteiger partial charge in [0.1, 0.15) is 0 Å². The topological polar surface area (TPSA) is 44.8 Å². The van der Waals surface area contributed by atoms with Crippen molar-refractivity contribution in [3.05, 3.63) is 0 Å². The van der Waals surface area contributed by atoms with Crippen LogP contribution in [-0.4, -0.2) is 33.1 Å². The minimum Gasteiger partial charge on any atom is -0.466 e. The van der Waals surface area contributed by atoms with Crippen molar-refractivity contribution >= 4 is 5.97 Å². The maximum atomic E-state index is 10.3. The molecule has 0 unspecified atom stereocenters. The Hall–Kier alpha value is -0.610. The van der Waals surface area contributed by atoms with Crippen LogP contribution >= 0.6 is 0 Å². The second-order valence-corrected chi connectivity index (χ2v) is 2.38. The van der Waals surface area contributed by atoms with Crippen LogP contribution in [0.2, 0.25) is 0 Å². The summed E-state index contributed by atoms with van der Waals surface area (Å²) in [6, 6.07) is 0. The van der Waals surface area contributed by atoms with Crippen LogP contribution in [0.4, 0.5) is 0 Å². The molecule has 0 N–H and O–H groups in total. The third kappa shape index (κ3) is 6.12. The van der Waals surface area contributed by atoms with Gasteiger partial charge in [0.2, 0.25) is 0 Å². The van der Waals surface area contributed by atoms with Gasteiger partial charge in [-0.3, -0.25) is 4.79 Å². The predicted octanol–water partition coefficient (Wildman–Crippen LogP) is 0.949. The second kappa shape index (κ2) is 7.06. The molecule has 12 heavy (non-hydrogen) atoms. The van der Waals surface area contributed by atoms with E-state index in [1.165, 1.54) is 6.92 Å². The summed E-state index contributed by atoms with van der Waals surface area (Å²) < 4.78 is 14.6. The van der Waals surface area contributed by atoms with E-state index < -0.39 is 0 Å². The largest absolute Gasteiger partial charge is 0.466 e. The number of hydrogen-bond donors (Lipinski definition) is 0. The van der Waals surface area contributed by atoms with E-state index in [1.807, 2.05) is 0 Å². The molecule has 0 spiro atoms. The number of carbonyl (C=O) groups excluding carboxylic acids is 1. The van der Waals surface area contributed by atoms with Crippen molar-refractivity contribution in [3.63, 3.8) is 0 Å². The second-order valence-electron chi connectivity index (χ2n) is 2.38. The molecule has 0 saturated heterocycles. The minimum atomic E-state index is -0.249. The average Bonchev–Trinajstić information content (AvgIpc) is 2.04. The van der Waals surface area contributed by atoms with Crippen molar-refractivity contribution in [2.75, 3.05) is 20.8 Å². The highest BCUT2D eigenvalue weighted by atomic mass is 16.7. The fourth-order valence-electron chi connectivity index (χ4n) is 0.798. The molecule has 4 heteroatoms. The van der Waals surface area contributed by atoms with Crippen molar-refractivity contribution in [1.82, 2.24) is 0 Å². The van der Waals surface area contributed by atoms with Gasteiger partial charge in [-0.05, 0) is 6.42 Å². The number of methoxy groups -OCH3 is 2. The summed E-state index contributed by atoms with van der Waals surface area (Å²) >= 11 is 0. The number of hydrogen-bond acceptors (Lipinski definition) is 4. The first-order valence-corrected chi connectivity index (χ1v) is 3.89. The first-order valence-electron chi connectivity index (χ1n) is 3.89. The normalized spacial score (nSPS) is 10.3. The van der Waals surface area contributed by atoms with Gasteiger partial charge >= 0.3 is 5.97 Å². The van der Waals surface area contributed by atoms with Crippen LogP contribution in [0, 0.1) is 0 Å². The van der Waals surface area contributed by atoms with E-state index in [4.69, 9.17) is 14.2 Å². The van der Waals surface area contributed by atoms with Crippen LogP contribution in [0.1, 0.15) is 19.8 Å². The van der Waals surface area contributed by atoms with Crippen LogP contribution < -0.4 is 0 Å². The van der Waals surface area contributed by atoms with Gasteiger partial charge in [-0.1, -0.05) is 0 Å². The third-order valence-corrected chi connectivity index (χ3v) is 1.42. The number of esters is 1. The Kier molecular flexibility index (Phi) is 6.70. The lowest BCUT2D eigenvalue weighted by Crippen LogP contribution is -2.14. The molecule has 0 aromatic heterocycles. The summed E-state index contributed by atoms with van der Waals surface area (Å²) in [6.45, 7) is 1.82. The van der Waals surface area contributed by atoms with Gasteiger partial charge in [-0.15, -0.1) is 0 Å². The van der Waals surface area contributed by atoms with E-state index in [-0.39, 0.29) is 12.3 Å². The van der Waals surface area contributed by atoms with Gasteiger partial charge in [0.05, 0.1) is 6.61 Å². The Morgan fingerprint density at radius 3 is 2.33 bits per heavy atom. The lowest BCUT2D eigenvalue weighted by atomic mass is 10.3. The first-order chi connectivity index (χ1) is 5.70. The Morgan fingerprint density at radius 1 is 1.33 bits per heavy atom. The van der Waals surface area contributed by atoms with Gasteiger partial charge in [-0.2, -0.15) is 0 Å². The molecule has 0 aromatic rings. The minimum absolute atomic E-state index is 0.194. The Balaban J connectivity index is 3.23. The summed E-state index contributed by atoms with van der Waals surface area (Å²) in [4.78, 5) is 10.3. The molecular formula is C8H16O4. The molecule has 0 aliphatic carbocycles. The third-order valence-electron chi connectivity index (χ3n) is 1.42. The smallest absolute Gasteiger partial charge is 0.302 e.